The van der Waals surface area contributed by atoms with Crippen LogP contribution in [0, 0.1) is 0 Å². The highest BCUT2D eigenvalue weighted by Gasteiger charge is 1.97. The third-order valence-electron chi connectivity index (χ3n) is 4.29. The Kier molecular flexibility index (Phi) is 7.43. The van der Waals surface area contributed by atoms with Crippen molar-refractivity contribution in [2.24, 2.45) is 0 Å². The molecule has 6 nitrogen and oxygen atoms in total. The first-order valence-corrected chi connectivity index (χ1v) is 9.47. The van der Waals surface area contributed by atoms with Crippen LogP contribution >= 0.6 is 0 Å². The highest BCUT2D eigenvalue weighted by atomic mass is 15.0. The van der Waals surface area contributed by atoms with Crippen molar-refractivity contribution in [2.75, 3.05) is 73.6 Å². The second-order valence-corrected chi connectivity index (χ2v) is 6.36. The van der Waals surface area contributed by atoms with Gasteiger partial charge < -0.3 is 31.9 Å². The Labute approximate surface area is 156 Å². The van der Waals surface area contributed by atoms with Crippen LogP contribution in [0.5, 0.6) is 0 Å². The Morgan fingerprint density at radius 2 is 0.577 bits per heavy atom. The normalized spacial score (nSPS) is 16.9. The van der Waals surface area contributed by atoms with E-state index in [9.17, 15) is 0 Å². The van der Waals surface area contributed by atoms with Crippen LogP contribution in [0.4, 0.5) is 22.7 Å². The molecular weight excluding hydrogens is 324 g/mol. The molecule has 0 atom stereocenters. The number of hydrogen-bond donors (Lipinski definition) is 6. The molecular formula is C20H30N6. The molecule has 0 radical (unpaired) electrons. The van der Waals surface area contributed by atoms with Crippen LogP contribution in [0.1, 0.15) is 0 Å². The van der Waals surface area contributed by atoms with Crippen LogP contribution in [0.3, 0.4) is 0 Å². The lowest BCUT2D eigenvalue weighted by atomic mass is 10.2. The lowest BCUT2D eigenvalue weighted by molar-refractivity contribution is 0.718. The minimum Gasteiger partial charge on any atom is -0.384 e. The average molecular weight is 355 g/mol. The predicted molar refractivity (Wildman–Crippen MR) is 113 cm³/mol. The summed E-state index contributed by atoms with van der Waals surface area (Å²) in [5.41, 5.74) is 4.62. The molecule has 0 saturated heterocycles. The van der Waals surface area contributed by atoms with Gasteiger partial charge in [-0.2, -0.15) is 0 Å². The molecule has 4 aliphatic rings. The monoisotopic (exact) mass is 354 g/mol. The first-order chi connectivity index (χ1) is 12.9. The van der Waals surface area contributed by atoms with E-state index in [0.717, 1.165) is 75.1 Å². The van der Waals surface area contributed by atoms with Crippen LogP contribution in [-0.2, 0) is 0 Å². The summed E-state index contributed by atoms with van der Waals surface area (Å²) in [5.74, 6) is 0. The van der Waals surface area contributed by atoms with Crippen LogP contribution in [-0.4, -0.2) is 52.4 Å². The van der Waals surface area contributed by atoms with E-state index in [2.05, 4.69) is 80.4 Å². The lowest BCUT2D eigenvalue weighted by Crippen LogP contribution is -2.27. The van der Waals surface area contributed by atoms with E-state index >= 15 is 0 Å². The zero-order valence-electron chi connectivity index (χ0n) is 15.3. The standard InChI is InChI=1S/C20H30N6/c1-2-18-4-3-17(1)23-13-9-21-11-15-25-19-5-7-20(8-6-19)26-16-12-22-10-14-24-18/h1-8,21-26H,9-16H2. The number of benzene rings is 2. The Morgan fingerprint density at radius 1 is 0.346 bits per heavy atom. The average Bonchev–Trinajstić information content (AvgIpc) is 2.68. The maximum Gasteiger partial charge on any atom is 0.0342 e. The minimum absolute atomic E-state index is 0.914. The number of anilines is 4. The molecule has 2 aromatic rings. The first kappa shape index (κ1) is 18.4. The molecule has 6 heteroatoms. The van der Waals surface area contributed by atoms with Crippen molar-refractivity contribution in [3.05, 3.63) is 48.5 Å². The molecule has 26 heavy (non-hydrogen) atoms. The topological polar surface area (TPSA) is 72.2 Å². The molecule has 2 aromatic carbocycles. The van der Waals surface area contributed by atoms with Gasteiger partial charge in [0.1, 0.15) is 0 Å². The summed E-state index contributed by atoms with van der Waals surface area (Å²) in [6, 6.07) is 17.0. The van der Waals surface area contributed by atoms with E-state index in [1.807, 2.05) is 0 Å². The van der Waals surface area contributed by atoms with Crippen LogP contribution in [0.15, 0.2) is 48.5 Å². The summed E-state index contributed by atoms with van der Waals surface area (Å²) in [4.78, 5) is 0. The van der Waals surface area contributed by atoms with Crippen molar-refractivity contribution < 1.29 is 0 Å². The summed E-state index contributed by atoms with van der Waals surface area (Å²) in [7, 11) is 0. The van der Waals surface area contributed by atoms with Gasteiger partial charge in [-0.3, -0.25) is 0 Å². The van der Waals surface area contributed by atoms with Crippen LogP contribution in [0.25, 0.3) is 0 Å². The fourth-order valence-electron chi connectivity index (χ4n) is 2.84. The molecule has 0 aromatic heterocycles. The maximum atomic E-state index is 3.45. The van der Waals surface area contributed by atoms with Crippen molar-refractivity contribution in [2.45, 2.75) is 0 Å². The number of rotatable bonds is 0. The molecule has 0 saturated carbocycles. The second-order valence-electron chi connectivity index (χ2n) is 6.36. The van der Waals surface area contributed by atoms with Crippen molar-refractivity contribution in [3.63, 3.8) is 0 Å². The van der Waals surface area contributed by atoms with Gasteiger partial charge in [0.05, 0.1) is 0 Å². The van der Waals surface area contributed by atoms with E-state index < -0.39 is 0 Å². The van der Waals surface area contributed by atoms with Crippen molar-refractivity contribution >= 4 is 22.7 Å². The molecule has 4 aliphatic heterocycles. The van der Waals surface area contributed by atoms with Crippen molar-refractivity contribution in [1.29, 1.82) is 0 Å². The summed E-state index contributed by atoms with van der Waals surface area (Å²) in [6.07, 6.45) is 0. The molecule has 0 unspecified atom stereocenters. The fraction of sp³-hybridized carbons (Fsp3) is 0.400. The van der Waals surface area contributed by atoms with E-state index in [-0.39, 0.29) is 0 Å². The highest BCUT2D eigenvalue weighted by Crippen LogP contribution is 2.13. The Balaban J connectivity index is 1.50. The minimum atomic E-state index is 0.914. The van der Waals surface area contributed by atoms with E-state index in [0.29, 0.717) is 0 Å². The van der Waals surface area contributed by atoms with E-state index in [4.69, 9.17) is 0 Å². The smallest absolute Gasteiger partial charge is 0.0342 e. The Bertz CT molecular complexity index is 514. The zero-order valence-corrected chi connectivity index (χ0v) is 15.3. The lowest BCUT2D eigenvalue weighted by Gasteiger charge is -2.12. The van der Waals surface area contributed by atoms with Gasteiger partial charge in [0.2, 0.25) is 0 Å². The quantitative estimate of drug-likeness (QED) is 0.436. The van der Waals surface area contributed by atoms with Crippen LogP contribution in [0.2, 0.25) is 0 Å². The molecule has 6 rings (SSSR count). The molecule has 4 heterocycles. The van der Waals surface area contributed by atoms with Gasteiger partial charge in [0, 0.05) is 75.1 Å². The zero-order chi connectivity index (χ0) is 17.9. The van der Waals surface area contributed by atoms with Gasteiger partial charge in [0.25, 0.3) is 0 Å². The Hall–Kier alpha value is -2.44. The summed E-state index contributed by atoms with van der Waals surface area (Å²) >= 11 is 0. The largest absolute Gasteiger partial charge is 0.384 e. The maximum absolute atomic E-state index is 3.45. The number of hydrogen-bond acceptors (Lipinski definition) is 6. The van der Waals surface area contributed by atoms with E-state index in [1.54, 1.807) is 0 Å². The summed E-state index contributed by atoms with van der Waals surface area (Å²) < 4.78 is 0. The van der Waals surface area contributed by atoms with Crippen molar-refractivity contribution in [3.8, 4) is 0 Å². The molecule has 0 amide bonds. The highest BCUT2D eigenvalue weighted by molar-refractivity contribution is 5.54. The number of nitrogens with one attached hydrogen (secondary N) is 6. The third kappa shape index (κ3) is 6.46. The van der Waals surface area contributed by atoms with Gasteiger partial charge in [-0.05, 0) is 48.5 Å². The van der Waals surface area contributed by atoms with Crippen LogP contribution < -0.4 is 31.9 Å². The molecule has 4 bridgehead atoms. The van der Waals surface area contributed by atoms with Gasteiger partial charge in [-0.1, -0.05) is 0 Å². The third-order valence-corrected chi connectivity index (χ3v) is 4.29. The molecule has 0 aliphatic carbocycles. The molecule has 0 fully saturated rings. The van der Waals surface area contributed by atoms with Crippen molar-refractivity contribution in [1.82, 2.24) is 10.6 Å². The summed E-state index contributed by atoms with van der Waals surface area (Å²) in [6.45, 7) is 7.42. The fourth-order valence-corrected chi connectivity index (χ4v) is 2.84. The summed E-state index contributed by atoms with van der Waals surface area (Å²) in [5, 5.41) is 20.7. The van der Waals surface area contributed by atoms with Gasteiger partial charge >= 0.3 is 0 Å². The second kappa shape index (κ2) is 10.5. The van der Waals surface area contributed by atoms with Gasteiger partial charge in [0.15, 0.2) is 0 Å². The van der Waals surface area contributed by atoms with Gasteiger partial charge in [-0.25, -0.2) is 0 Å². The molecule has 0 spiro atoms. The predicted octanol–water partition coefficient (Wildman–Crippen LogP) is 2.23. The van der Waals surface area contributed by atoms with Gasteiger partial charge in [-0.15, -0.1) is 0 Å². The first-order valence-electron chi connectivity index (χ1n) is 9.47. The molecule has 6 N–H and O–H groups in total. The SMILES string of the molecule is c1cc2ccc1NCCNCCNc1ccc(cc1)NCCNCCN2. The Morgan fingerprint density at radius 3 is 0.808 bits per heavy atom. The van der Waals surface area contributed by atoms with E-state index in [1.165, 1.54) is 0 Å². The molecule has 140 valence electrons.